The van der Waals surface area contributed by atoms with E-state index in [1.54, 1.807) is 39.5 Å². The lowest BCUT2D eigenvalue weighted by Crippen LogP contribution is -2.51. The van der Waals surface area contributed by atoms with Gasteiger partial charge in [-0.25, -0.2) is 17.9 Å². The fraction of sp³-hybridized carbons (Fsp3) is 0.686. The van der Waals surface area contributed by atoms with Crippen LogP contribution in [0.3, 0.4) is 0 Å². The second-order valence-electron chi connectivity index (χ2n) is 14.9. The van der Waals surface area contributed by atoms with Gasteiger partial charge >= 0.3 is 12.1 Å². The van der Waals surface area contributed by atoms with E-state index < -0.39 is 45.2 Å². The van der Waals surface area contributed by atoms with Crippen LogP contribution in [-0.2, 0) is 45.0 Å². The molecule has 298 valence electrons. The Morgan fingerprint density at radius 1 is 1.08 bits per heavy atom. The minimum Gasteiger partial charge on any atom is -0.487 e. The number of nitrogens with two attached hydrogens (primary N) is 1. The lowest BCUT2D eigenvalue weighted by atomic mass is 9.94. The molecule has 1 fully saturated rings. The van der Waals surface area contributed by atoms with E-state index in [0.29, 0.717) is 36.3 Å². The zero-order chi connectivity index (χ0) is 39.7. The monoisotopic (exact) mass is 768 g/mol. The summed E-state index contributed by atoms with van der Waals surface area (Å²) in [7, 11) is -4.10. The van der Waals surface area contributed by atoms with E-state index in [-0.39, 0.29) is 81.6 Å². The molecule has 0 unspecified atom stereocenters. The molecule has 53 heavy (non-hydrogen) atoms. The van der Waals surface area contributed by atoms with Gasteiger partial charge in [-0.05, 0) is 91.3 Å². The highest BCUT2D eigenvalue weighted by Gasteiger charge is 2.37. The summed E-state index contributed by atoms with van der Waals surface area (Å²) >= 11 is 0. The number of likely N-dealkylation sites (tertiary alicyclic amines) is 1. The molecule has 0 radical (unpaired) electrons. The maximum absolute atomic E-state index is 13.5. The number of nitrogens with one attached hydrogen (secondary N) is 3. The van der Waals surface area contributed by atoms with E-state index >= 15 is 0 Å². The van der Waals surface area contributed by atoms with Crippen molar-refractivity contribution in [2.24, 2.45) is 10.7 Å². The number of nitrogens with zero attached hydrogens (tertiary/aromatic N) is 2. The van der Waals surface area contributed by atoms with Crippen molar-refractivity contribution in [3.8, 4) is 5.75 Å². The minimum atomic E-state index is -4.10. The van der Waals surface area contributed by atoms with Crippen LogP contribution in [-0.4, -0.2) is 118 Å². The van der Waals surface area contributed by atoms with Crippen molar-refractivity contribution in [1.82, 2.24) is 20.3 Å². The largest absolute Gasteiger partial charge is 0.487 e. The van der Waals surface area contributed by atoms with Crippen molar-refractivity contribution in [3.63, 3.8) is 0 Å². The summed E-state index contributed by atoms with van der Waals surface area (Å²) < 4.78 is 51.4. The number of aliphatic carboxylic acids is 1. The fourth-order valence-corrected chi connectivity index (χ4v) is 7.64. The summed E-state index contributed by atoms with van der Waals surface area (Å²) in [5.41, 5.74) is 7.51. The van der Waals surface area contributed by atoms with Crippen molar-refractivity contribution in [1.29, 1.82) is 0 Å². The SMILES string of the molecule is Cc1c(C)c(S(=O)(=O)NC(N)=NCCC[C@H](NC(=O)OC(C)(C)C)C(=O)N[C@@H]2CCN(C(=O)COCCOCCC(=O)O)C2)c(C)c2c1OC(C)(C)C2. The van der Waals surface area contributed by atoms with Crippen molar-refractivity contribution < 1.29 is 51.6 Å². The summed E-state index contributed by atoms with van der Waals surface area (Å²) in [6, 6.07) is -1.39. The molecule has 0 aliphatic carbocycles. The van der Waals surface area contributed by atoms with Crippen LogP contribution in [0, 0.1) is 20.8 Å². The van der Waals surface area contributed by atoms with E-state index in [2.05, 4.69) is 20.3 Å². The number of fused-ring (bicyclic) bond motifs is 1. The molecule has 17 nitrogen and oxygen atoms in total. The molecule has 1 aromatic rings. The Kier molecular flexibility index (Phi) is 14.9. The Morgan fingerprint density at radius 3 is 2.42 bits per heavy atom. The highest BCUT2D eigenvalue weighted by atomic mass is 32.2. The fourth-order valence-electron chi connectivity index (χ4n) is 6.12. The second kappa shape index (κ2) is 18.2. The Balaban J connectivity index is 1.57. The Labute approximate surface area is 311 Å². The van der Waals surface area contributed by atoms with Crippen LogP contribution in [0.5, 0.6) is 5.75 Å². The third kappa shape index (κ3) is 13.0. The molecule has 2 heterocycles. The van der Waals surface area contributed by atoms with Gasteiger partial charge in [0.15, 0.2) is 0 Å². The highest BCUT2D eigenvalue weighted by Crippen LogP contribution is 2.43. The van der Waals surface area contributed by atoms with Crippen molar-refractivity contribution >= 4 is 39.9 Å². The van der Waals surface area contributed by atoms with Crippen molar-refractivity contribution in [2.75, 3.05) is 46.1 Å². The lowest BCUT2D eigenvalue weighted by molar-refractivity contribution is -0.138. The molecular weight excluding hydrogens is 712 g/mol. The number of alkyl carbamates (subject to hydrolysis) is 1. The molecule has 0 aromatic heterocycles. The number of carboxylic acid groups (broad SMARTS) is 1. The van der Waals surface area contributed by atoms with E-state index in [1.807, 2.05) is 20.8 Å². The van der Waals surface area contributed by atoms with Crippen molar-refractivity contribution in [3.05, 3.63) is 22.3 Å². The van der Waals surface area contributed by atoms with Gasteiger partial charge in [0.25, 0.3) is 10.0 Å². The lowest BCUT2D eigenvalue weighted by Gasteiger charge is -2.24. The van der Waals surface area contributed by atoms with Crippen LogP contribution < -0.4 is 25.8 Å². The standard InChI is InChI=1S/C35H56N6O11S/c1-21-22(2)30(23(3)25-18-35(7,8)51-29(21)25)53(47,48)40-32(36)37-13-9-10-26(39-33(46)52-34(4,5)6)31(45)38-24-11-14-41(19-24)27(42)20-50-17-16-49-15-12-28(43)44/h24,26H,9-20H2,1-8H3,(H,38,45)(H,39,46)(H,43,44)(H3,36,37,40)/t24-,26+/m1/s1. The molecule has 2 aliphatic heterocycles. The number of carbonyl (C=O) groups is 4. The summed E-state index contributed by atoms with van der Waals surface area (Å²) in [6.07, 6.45) is 0.533. The minimum absolute atomic E-state index is 0.0493. The summed E-state index contributed by atoms with van der Waals surface area (Å²) in [4.78, 5) is 55.0. The van der Waals surface area contributed by atoms with Crippen LogP contribution in [0.15, 0.2) is 9.89 Å². The molecule has 3 rings (SSSR count). The number of benzene rings is 1. The molecule has 18 heteroatoms. The molecule has 0 bridgehead atoms. The maximum atomic E-state index is 13.5. The summed E-state index contributed by atoms with van der Waals surface area (Å²) in [5.74, 6) is -1.31. The Morgan fingerprint density at radius 2 is 1.75 bits per heavy atom. The normalized spacial score (nSPS) is 17.5. The number of carbonyl (C=O) groups excluding carboxylic acids is 3. The zero-order valence-electron chi connectivity index (χ0n) is 32.0. The third-order valence-corrected chi connectivity index (χ3v) is 10.3. The van der Waals surface area contributed by atoms with Gasteiger partial charge < -0.3 is 45.3 Å². The Hall–Kier alpha value is -4.16. The van der Waals surface area contributed by atoms with Crippen LogP contribution in [0.2, 0.25) is 0 Å². The quantitative estimate of drug-likeness (QED) is 0.0867. The molecular formula is C35H56N6O11S. The van der Waals surface area contributed by atoms with Gasteiger partial charge in [-0.1, -0.05) is 0 Å². The van der Waals surface area contributed by atoms with Gasteiger partial charge in [0.1, 0.15) is 29.6 Å². The number of sulfonamides is 1. The first-order valence-corrected chi connectivity index (χ1v) is 19.2. The molecule has 2 atom stereocenters. The number of guanidine groups is 1. The number of hydrogen-bond acceptors (Lipinski definition) is 11. The number of aliphatic imine (C=N–C) groups is 1. The number of rotatable bonds is 17. The van der Waals surface area contributed by atoms with Gasteiger partial charge in [0.2, 0.25) is 17.8 Å². The van der Waals surface area contributed by atoms with Gasteiger partial charge in [-0.3, -0.25) is 19.4 Å². The number of carboxylic acids is 1. The van der Waals surface area contributed by atoms with Gasteiger partial charge in [-0.15, -0.1) is 0 Å². The topological polar surface area (TPSA) is 237 Å². The molecule has 1 aromatic carbocycles. The Bertz CT molecular complexity index is 1660. The van der Waals surface area contributed by atoms with Gasteiger partial charge in [0.05, 0.1) is 31.1 Å². The van der Waals surface area contributed by atoms with Crippen LogP contribution >= 0.6 is 0 Å². The van der Waals surface area contributed by atoms with Crippen LogP contribution in [0.25, 0.3) is 0 Å². The first-order chi connectivity index (χ1) is 24.6. The van der Waals surface area contributed by atoms with Crippen LogP contribution in [0.4, 0.5) is 4.79 Å². The average Bonchev–Trinajstić information content (AvgIpc) is 3.63. The van der Waals surface area contributed by atoms with E-state index in [1.165, 1.54) is 0 Å². The van der Waals surface area contributed by atoms with Crippen LogP contribution in [0.1, 0.15) is 82.6 Å². The predicted octanol–water partition coefficient (Wildman–Crippen LogP) is 1.82. The van der Waals surface area contributed by atoms with E-state index in [4.69, 9.17) is 29.8 Å². The van der Waals surface area contributed by atoms with Gasteiger partial charge in [0, 0.05) is 37.7 Å². The predicted molar refractivity (Wildman–Crippen MR) is 195 cm³/mol. The first-order valence-electron chi connectivity index (χ1n) is 17.7. The maximum Gasteiger partial charge on any atom is 0.408 e. The molecule has 3 amide bonds. The molecule has 0 spiro atoms. The number of ether oxygens (including phenoxy) is 4. The zero-order valence-corrected chi connectivity index (χ0v) is 32.9. The average molecular weight is 769 g/mol. The summed E-state index contributed by atoms with van der Waals surface area (Å²) in [6.45, 7) is 15.1. The van der Waals surface area contributed by atoms with E-state index in [0.717, 1.165) is 11.1 Å². The third-order valence-electron chi connectivity index (χ3n) is 8.69. The van der Waals surface area contributed by atoms with Gasteiger partial charge in [-0.2, -0.15) is 0 Å². The number of amides is 3. The molecule has 2 aliphatic rings. The number of hydrogen-bond donors (Lipinski definition) is 5. The molecule has 0 saturated carbocycles. The van der Waals surface area contributed by atoms with Crippen molar-refractivity contribution in [2.45, 2.75) is 116 Å². The molecule has 1 saturated heterocycles. The first kappa shape index (κ1) is 43.2. The molecule has 6 N–H and O–H groups in total. The smallest absolute Gasteiger partial charge is 0.408 e. The highest BCUT2D eigenvalue weighted by molar-refractivity contribution is 7.90. The summed E-state index contributed by atoms with van der Waals surface area (Å²) in [5, 5.41) is 14.1. The van der Waals surface area contributed by atoms with E-state index in [9.17, 15) is 27.6 Å². The second-order valence-corrected chi connectivity index (χ2v) is 16.5.